The number of ketones is 1. The summed E-state index contributed by atoms with van der Waals surface area (Å²) in [7, 11) is 0. The van der Waals surface area contributed by atoms with Crippen LogP contribution in [0.5, 0.6) is 0 Å². The molecule has 0 spiro atoms. The zero-order chi connectivity index (χ0) is 12.5. The predicted octanol–water partition coefficient (Wildman–Crippen LogP) is 2.64. The van der Waals surface area contributed by atoms with E-state index >= 15 is 0 Å². The molecule has 1 rings (SSSR count). The highest BCUT2D eigenvalue weighted by molar-refractivity contribution is 5.75. The first-order chi connectivity index (χ1) is 8.22. The maximum atomic E-state index is 10.8. The lowest BCUT2D eigenvalue weighted by Crippen LogP contribution is -2.24. The zero-order valence-electron chi connectivity index (χ0n) is 11.4. The molecule has 1 atom stereocenters. The second-order valence-corrected chi connectivity index (χ2v) is 5.09. The molecule has 17 heavy (non-hydrogen) atoms. The molecule has 1 saturated heterocycles. The maximum absolute atomic E-state index is 10.8. The van der Waals surface area contributed by atoms with Crippen molar-refractivity contribution in [3.8, 4) is 0 Å². The normalized spacial score (nSPS) is 20.9. The molecule has 0 aromatic rings. The monoisotopic (exact) mass is 241 g/mol. The zero-order valence-corrected chi connectivity index (χ0v) is 11.4. The van der Waals surface area contributed by atoms with Gasteiger partial charge in [-0.3, -0.25) is 0 Å². The van der Waals surface area contributed by atoms with Crippen molar-refractivity contribution in [3.63, 3.8) is 0 Å². The molecule has 0 saturated carbocycles. The van der Waals surface area contributed by atoms with Crippen molar-refractivity contribution in [2.24, 2.45) is 0 Å². The molecule has 0 N–H and O–H groups in total. The van der Waals surface area contributed by atoms with Gasteiger partial charge in [-0.25, -0.2) is 0 Å². The van der Waals surface area contributed by atoms with E-state index in [2.05, 4.69) is 11.8 Å². The molecule has 0 aromatic heterocycles. The second-order valence-electron chi connectivity index (χ2n) is 5.09. The summed E-state index contributed by atoms with van der Waals surface area (Å²) in [6.45, 7) is 8.19. The second kappa shape index (κ2) is 8.65. The first-order valence-corrected chi connectivity index (χ1v) is 7.05. The summed E-state index contributed by atoms with van der Waals surface area (Å²) in [6, 6.07) is 0. The average molecular weight is 241 g/mol. The van der Waals surface area contributed by atoms with Gasteiger partial charge in [0.1, 0.15) is 5.78 Å². The number of nitrogens with zero attached hydrogens (tertiary/aromatic N) is 1. The van der Waals surface area contributed by atoms with Crippen LogP contribution in [0, 0.1) is 0 Å². The van der Waals surface area contributed by atoms with Crippen LogP contribution in [0.1, 0.15) is 52.4 Å². The molecule has 0 radical (unpaired) electrons. The molecule has 100 valence electrons. The van der Waals surface area contributed by atoms with Gasteiger partial charge in [0.15, 0.2) is 0 Å². The van der Waals surface area contributed by atoms with Crippen molar-refractivity contribution >= 4 is 5.78 Å². The highest BCUT2D eigenvalue weighted by Gasteiger charge is 2.21. The van der Waals surface area contributed by atoms with Gasteiger partial charge in [-0.05, 0) is 39.2 Å². The van der Waals surface area contributed by atoms with E-state index in [4.69, 9.17) is 4.74 Å². The number of ether oxygens (including phenoxy) is 1. The molecule has 1 aliphatic rings. The number of hydrogen-bond donors (Lipinski definition) is 0. The van der Waals surface area contributed by atoms with Gasteiger partial charge < -0.3 is 14.4 Å². The summed E-state index contributed by atoms with van der Waals surface area (Å²) in [5.74, 6) is 0.319. The van der Waals surface area contributed by atoms with Crippen LogP contribution in [0.4, 0.5) is 0 Å². The van der Waals surface area contributed by atoms with Crippen LogP contribution in [0.25, 0.3) is 0 Å². The summed E-state index contributed by atoms with van der Waals surface area (Å²) in [5.41, 5.74) is 0. The number of hydrogen-bond acceptors (Lipinski definition) is 3. The number of likely N-dealkylation sites (tertiary alicyclic amines) is 1. The molecule has 1 unspecified atom stereocenters. The average Bonchev–Trinajstić information content (AvgIpc) is 2.73. The van der Waals surface area contributed by atoms with Crippen LogP contribution in [-0.4, -0.2) is 43.0 Å². The fourth-order valence-corrected chi connectivity index (χ4v) is 2.31. The van der Waals surface area contributed by atoms with E-state index < -0.39 is 0 Å². The van der Waals surface area contributed by atoms with E-state index in [1.807, 2.05) is 0 Å². The van der Waals surface area contributed by atoms with Crippen molar-refractivity contribution < 1.29 is 9.53 Å². The van der Waals surface area contributed by atoms with Gasteiger partial charge in [-0.15, -0.1) is 0 Å². The SMILES string of the molecule is CCCOC1CCN(CCCCCC(C)=O)C1. The van der Waals surface area contributed by atoms with Crippen LogP contribution in [0.2, 0.25) is 0 Å². The lowest BCUT2D eigenvalue weighted by molar-refractivity contribution is -0.117. The van der Waals surface area contributed by atoms with Gasteiger partial charge in [0, 0.05) is 26.1 Å². The van der Waals surface area contributed by atoms with Gasteiger partial charge in [0.2, 0.25) is 0 Å². The van der Waals surface area contributed by atoms with E-state index in [0.29, 0.717) is 11.9 Å². The summed E-state index contributed by atoms with van der Waals surface area (Å²) in [4.78, 5) is 13.3. The number of rotatable bonds is 9. The Bertz CT molecular complexity index is 218. The van der Waals surface area contributed by atoms with Gasteiger partial charge in [0.25, 0.3) is 0 Å². The Morgan fingerprint density at radius 3 is 2.88 bits per heavy atom. The lowest BCUT2D eigenvalue weighted by Gasteiger charge is -2.15. The first-order valence-electron chi connectivity index (χ1n) is 7.05. The summed E-state index contributed by atoms with van der Waals surface area (Å²) < 4.78 is 5.75. The van der Waals surface area contributed by atoms with Crippen LogP contribution < -0.4 is 0 Å². The number of carbonyl (C=O) groups excluding carboxylic acids is 1. The highest BCUT2D eigenvalue weighted by Crippen LogP contribution is 2.14. The van der Waals surface area contributed by atoms with Crippen LogP contribution in [0.3, 0.4) is 0 Å². The molecule has 3 nitrogen and oxygen atoms in total. The Labute approximate surface area is 106 Å². The molecule has 0 bridgehead atoms. The Balaban J connectivity index is 1.96. The van der Waals surface area contributed by atoms with Gasteiger partial charge in [-0.1, -0.05) is 13.3 Å². The number of Topliss-reactive ketones (excluding diaryl/α,β-unsaturated/α-hetero) is 1. The Hall–Kier alpha value is -0.410. The summed E-state index contributed by atoms with van der Waals surface area (Å²) in [5, 5.41) is 0. The standard InChI is InChI=1S/C14H27NO2/c1-3-11-17-14-8-10-15(12-14)9-6-4-5-7-13(2)16/h14H,3-12H2,1-2H3. The maximum Gasteiger partial charge on any atom is 0.129 e. The van der Waals surface area contributed by atoms with Crippen LogP contribution in [-0.2, 0) is 9.53 Å². The summed E-state index contributed by atoms with van der Waals surface area (Å²) >= 11 is 0. The first kappa shape index (κ1) is 14.7. The Morgan fingerprint density at radius 1 is 1.35 bits per heavy atom. The minimum atomic E-state index is 0.319. The van der Waals surface area contributed by atoms with E-state index in [9.17, 15) is 4.79 Å². The van der Waals surface area contributed by atoms with Crippen molar-refractivity contribution in [1.29, 1.82) is 0 Å². The third-order valence-corrected chi connectivity index (χ3v) is 3.29. The van der Waals surface area contributed by atoms with E-state index in [1.165, 1.54) is 32.4 Å². The predicted molar refractivity (Wildman–Crippen MR) is 70.2 cm³/mol. The molecular formula is C14H27NO2. The Kier molecular flexibility index (Phi) is 7.45. The van der Waals surface area contributed by atoms with Crippen LogP contribution >= 0.6 is 0 Å². The van der Waals surface area contributed by atoms with Gasteiger partial charge in [0.05, 0.1) is 6.10 Å². The van der Waals surface area contributed by atoms with E-state index in [-0.39, 0.29) is 0 Å². The largest absolute Gasteiger partial charge is 0.377 e. The number of unbranched alkanes of at least 4 members (excludes halogenated alkanes) is 2. The number of carbonyl (C=O) groups is 1. The van der Waals surface area contributed by atoms with Crippen molar-refractivity contribution in [2.45, 2.75) is 58.5 Å². The third kappa shape index (κ3) is 6.79. The minimum absolute atomic E-state index is 0.319. The smallest absolute Gasteiger partial charge is 0.129 e. The molecule has 1 fully saturated rings. The topological polar surface area (TPSA) is 29.5 Å². The molecule has 3 heteroatoms. The third-order valence-electron chi connectivity index (χ3n) is 3.29. The lowest BCUT2D eigenvalue weighted by atomic mass is 10.1. The van der Waals surface area contributed by atoms with E-state index in [0.717, 1.165) is 32.4 Å². The quantitative estimate of drug-likeness (QED) is 0.581. The van der Waals surface area contributed by atoms with Crippen molar-refractivity contribution in [3.05, 3.63) is 0 Å². The van der Waals surface area contributed by atoms with Crippen molar-refractivity contribution in [1.82, 2.24) is 4.90 Å². The molecule has 1 aliphatic heterocycles. The van der Waals surface area contributed by atoms with Crippen LogP contribution in [0.15, 0.2) is 0 Å². The van der Waals surface area contributed by atoms with Crippen molar-refractivity contribution in [2.75, 3.05) is 26.2 Å². The minimum Gasteiger partial charge on any atom is -0.377 e. The fourth-order valence-electron chi connectivity index (χ4n) is 2.31. The van der Waals surface area contributed by atoms with E-state index in [1.54, 1.807) is 6.92 Å². The highest BCUT2D eigenvalue weighted by atomic mass is 16.5. The molecule has 0 aliphatic carbocycles. The van der Waals surface area contributed by atoms with Gasteiger partial charge >= 0.3 is 0 Å². The van der Waals surface area contributed by atoms with Gasteiger partial charge in [-0.2, -0.15) is 0 Å². The Morgan fingerprint density at radius 2 is 2.18 bits per heavy atom. The summed E-state index contributed by atoms with van der Waals surface area (Å²) in [6.07, 6.45) is 6.97. The molecule has 1 heterocycles. The molecule has 0 amide bonds. The molecular weight excluding hydrogens is 214 g/mol. The molecule has 0 aromatic carbocycles. The fraction of sp³-hybridized carbons (Fsp3) is 0.929.